The van der Waals surface area contributed by atoms with Crippen molar-refractivity contribution in [1.82, 2.24) is 10.2 Å². The summed E-state index contributed by atoms with van der Waals surface area (Å²) in [5, 5.41) is 2.99. The van der Waals surface area contributed by atoms with Gasteiger partial charge in [0.1, 0.15) is 12.1 Å². The van der Waals surface area contributed by atoms with Crippen LogP contribution in [0.4, 0.5) is 16.2 Å². The summed E-state index contributed by atoms with van der Waals surface area (Å²) in [5.74, 6) is -0.629. The van der Waals surface area contributed by atoms with Gasteiger partial charge in [0.15, 0.2) is 0 Å². The molecule has 35 heavy (non-hydrogen) atoms. The number of amides is 4. The highest BCUT2D eigenvalue weighted by Gasteiger charge is 2.53. The number of nitrogens with zero attached hydrogens (tertiary/aromatic N) is 2. The summed E-state index contributed by atoms with van der Waals surface area (Å²) in [6.07, 6.45) is 4.84. The highest BCUT2D eigenvalue weighted by molar-refractivity contribution is 6.12. The Balaban J connectivity index is 1.37. The number of carbonyl (C=O) groups is 3. The fourth-order valence-corrected chi connectivity index (χ4v) is 5.87. The van der Waals surface area contributed by atoms with Crippen LogP contribution < -0.4 is 10.2 Å². The number of urea groups is 1. The monoisotopic (exact) mass is 465 g/mol. The third-order valence-electron chi connectivity index (χ3n) is 7.57. The first kappa shape index (κ1) is 21.6. The maximum atomic E-state index is 13.9. The molecule has 4 amide bonds. The van der Waals surface area contributed by atoms with Gasteiger partial charge in [-0.25, -0.2) is 4.79 Å². The average Bonchev–Trinajstić information content (AvgIpc) is 3.04. The lowest BCUT2D eigenvalue weighted by atomic mass is 9.84. The summed E-state index contributed by atoms with van der Waals surface area (Å²) >= 11 is 0. The molecule has 6 rings (SSSR count). The second-order valence-electron chi connectivity index (χ2n) is 9.58. The summed E-state index contributed by atoms with van der Waals surface area (Å²) in [5.41, 5.74) is 4.61. The summed E-state index contributed by atoms with van der Waals surface area (Å²) < 4.78 is 0. The quantitative estimate of drug-likeness (QED) is 0.562. The minimum absolute atomic E-state index is 0.297. The Morgan fingerprint density at radius 2 is 1.37 bits per heavy atom. The number of hydrogen-bond donors (Lipinski definition) is 1. The van der Waals surface area contributed by atoms with Crippen molar-refractivity contribution >= 4 is 29.2 Å². The normalized spacial score (nSPS) is 21.0. The third kappa shape index (κ3) is 3.43. The first-order chi connectivity index (χ1) is 17.1. The van der Waals surface area contributed by atoms with Gasteiger partial charge in [-0.3, -0.25) is 19.4 Å². The van der Waals surface area contributed by atoms with E-state index in [1.165, 1.54) is 0 Å². The largest absolute Gasteiger partial charge is 0.325 e. The molecule has 2 aliphatic heterocycles. The van der Waals surface area contributed by atoms with Gasteiger partial charge in [0.05, 0.1) is 11.4 Å². The van der Waals surface area contributed by atoms with E-state index in [0.717, 1.165) is 70.6 Å². The molecule has 3 aliphatic rings. The molecule has 6 nitrogen and oxygen atoms in total. The number of carbonyl (C=O) groups excluding carboxylic acids is 3. The lowest BCUT2D eigenvalue weighted by Gasteiger charge is -2.28. The molecule has 1 spiro atoms. The molecule has 1 unspecified atom stereocenters. The van der Waals surface area contributed by atoms with Gasteiger partial charge < -0.3 is 5.32 Å². The highest BCUT2D eigenvalue weighted by Crippen LogP contribution is 2.40. The van der Waals surface area contributed by atoms with Crippen LogP contribution in [-0.2, 0) is 34.4 Å². The fourth-order valence-electron chi connectivity index (χ4n) is 5.87. The van der Waals surface area contributed by atoms with Gasteiger partial charge in [-0.05, 0) is 72.9 Å². The Labute approximate surface area is 204 Å². The van der Waals surface area contributed by atoms with Crippen LogP contribution in [0.3, 0.4) is 0 Å². The van der Waals surface area contributed by atoms with Gasteiger partial charge in [0.2, 0.25) is 0 Å². The van der Waals surface area contributed by atoms with E-state index >= 15 is 0 Å². The number of imide groups is 1. The lowest BCUT2D eigenvalue weighted by molar-refractivity contribution is -0.134. The van der Waals surface area contributed by atoms with Crippen molar-refractivity contribution < 1.29 is 14.4 Å². The minimum atomic E-state index is -1.10. The fraction of sp³-hybridized carbons (Fsp3) is 0.276. The van der Waals surface area contributed by atoms with Gasteiger partial charge in [-0.2, -0.15) is 0 Å². The molecule has 2 heterocycles. The SMILES string of the molecule is O=C1NC2(CCCCc3ccccc32)C(=O)N1CC(=O)N1c2ccccc2CCc2ccccc21. The number of hydrogen-bond acceptors (Lipinski definition) is 3. The second kappa shape index (κ2) is 8.38. The van der Waals surface area contributed by atoms with Crippen molar-refractivity contribution in [3.05, 3.63) is 95.1 Å². The molecule has 1 aliphatic carbocycles. The Morgan fingerprint density at radius 3 is 2.06 bits per heavy atom. The van der Waals surface area contributed by atoms with E-state index in [-0.39, 0.29) is 18.4 Å². The summed E-state index contributed by atoms with van der Waals surface area (Å²) in [4.78, 5) is 43.7. The number of rotatable bonds is 2. The number of benzene rings is 3. The van der Waals surface area contributed by atoms with E-state index < -0.39 is 11.6 Å². The first-order valence-corrected chi connectivity index (χ1v) is 12.3. The minimum Gasteiger partial charge on any atom is -0.319 e. The molecule has 1 fully saturated rings. The molecule has 0 radical (unpaired) electrons. The van der Waals surface area contributed by atoms with E-state index in [1.807, 2.05) is 72.8 Å². The van der Waals surface area contributed by atoms with Crippen molar-refractivity contribution in [3.63, 3.8) is 0 Å². The molecular weight excluding hydrogens is 438 g/mol. The molecule has 1 N–H and O–H groups in total. The zero-order valence-electron chi connectivity index (χ0n) is 19.5. The molecule has 0 saturated carbocycles. The molecule has 0 aromatic heterocycles. The van der Waals surface area contributed by atoms with E-state index in [4.69, 9.17) is 0 Å². The average molecular weight is 466 g/mol. The molecule has 176 valence electrons. The van der Waals surface area contributed by atoms with Crippen LogP contribution >= 0.6 is 0 Å². The van der Waals surface area contributed by atoms with Gasteiger partial charge in [-0.1, -0.05) is 60.7 Å². The molecule has 6 heteroatoms. The van der Waals surface area contributed by atoms with Crippen molar-refractivity contribution in [1.29, 1.82) is 0 Å². The maximum Gasteiger partial charge on any atom is 0.325 e. The van der Waals surface area contributed by atoms with Crippen LogP contribution in [0.5, 0.6) is 0 Å². The standard InChI is InChI=1S/C29H27N3O3/c33-26(32-24-14-5-2-11-21(24)16-17-22-12-3-6-15-25(22)32)19-31-27(34)29(30-28(31)35)18-8-7-10-20-9-1-4-13-23(20)29/h1-6,9,11-15H,7-8,10,16-19H2,(H,30,35). The Kier molecular flexibility index (Phi) is 5.17. The molecule has 1 atom stereocenters. The number of aryl methyl sites for hydroxylation is 3. The number of anilines is 2. The predicted molar refractivity (Wildman–Crippen MR) is 133 cm³/mol. The van der Waals surface area contributed by atoms with E-state index in [9.17, 15) is 14.4 Å². The van der Waals surface area contributed by atoms with E-state index in [2.05, 4.69) is 5.32 Å². The summed E-state index contributed by atoms with van der Waals surface area (Å²) in [6.45, 7) is -0.308. The number of fused-ring (bicyclic) bond motifs is 4. The second-order valence-corrected chi connectivity index (χ2v) is 9.58. The van der Waals surface area contributed by atoms with Gasteiger partial charge in [-0.15, -0.1) is 0 Å². The Morgan fingerprint density at radius 1 is 0.771 bits per heavy atom. The summed E-state index contributed by atoms with van der Waals surface area (Å²) in [6, 6.07) is 23.1. The van der Waals surface area contributed by atoms with Crippen molar-refractivity contribution in [3.8, 4) is 0 Å². The number of nitrogens with one attached hydrogen (secondary N) is 1. The molecular formula is C29H27N3O3. The smallest absolute Gasteiger partial charge is 0.319 e. The lowest BCUT2D eigenvalue weighted by Crippen LogP contribution is -2.45. The van der Waals surface area contributed by atoms with Crippen LogP contribution in [-0.4, -0.2) is 29.3 Å². The number of para-hydroxylation sites is 2. The summed E-state index contributed by atoms with van der Waals surface area (Å²) in [7, 11) is 0. The molecule has 0 bridgehead atoms. The zero-order valence-corrected chi connectivity index (χ0v) is 19.5. The van der Waals surface area contributed by atoms with Crippen LogP contribution in [0.25, 0.3) is 0 Å². The van der Waals surface area contributed by atoms with Crippen molar-refractivity contribution in [2.24, 2.45) is 0 Å². The van der Waals surface area contributed by atoms with Gasteiger partial charge >= 0.3 is 6.03 Å². The Hall–Kier alpha value is -3.93. The maximum absolute atomic E-state index is 13.9. The van der Waals surface area contributed by atoms with E-state index in [1.54, 1.807) is 4.90 Å². The highest BCUT2D eigenvalue weighted by atomic mass is 16.2. The van der Waals surface area contributed by atoms with Crippen LogP contribution in [0.1, 0.15) is 41.5 Å². The van der Waals surface area contributed by atoms with Crippen LogP contribution in [0.15, 0.2) is 72.8 Å². The third-order valence-corrected chi connectivity index (χ3v) is 7.57. The molecule has 3 aromatic carbocycles. The van der Waals surface area contributed by atoms with Gasteiger partial charge in [0, 0.05) is 0 Å². The Bertz CT molecular complexity index is 1300. The first-order valence-electron chi connectivity index (χ1n) is 12.3. The van der Waals surface area contributed by atoms with Crippen molar-refractivity contribution in [2.75, 3.05) is 11.4 Å². The molecule has 3 aromatic rings. The van der Waals surface area contributed by atoms with Crippen LogP contribution in [0.2, 0.25) is 0 Å². The topological polar surface area (TPSA) is 69.7 Å². The predicted octanol–water partition coefficient (Wildman–Crippen LogP) is 4.62. The zero-order chi connectivity index (χ0) is 24.0. The van der Waals surface area contributed by atoms with E-state index in [0.29, 0.717) is 6.42 Å². The van der Waals surface area contributed by atoms with Crippen molar-refractivity contribution in [2.45, 2.75) is 44.1 Å². The van der Waals surface area contributed by atoms with Gasteiger partial charge in [0.25, 0.3) is 11.8 Å². The molecule has 1 saturated heterocycles. The van der Waals surface area contributed by atoms with Crippen LogP contribution in [0, 0.1) is 0 Å².